The zero-order valence-corrected chi connectivity index (χ0v) is 7.32. The van der Waals surface area contributed by atoms with Gasteiger partial charge in [0, 0.05) is 12.3 Å². The Morgan fingerprint density at radius 1 is 1.57 bits per heavy atom. The molecule has 6 heteroatoms. The topological polar surface area (TPSA) is 91.4 Å². The van der Waals surface area contributed by atoms with Crippen LogP contribution in [0.1, 0.15) is 10.4 Å². The SMILES string of the molecule is O=C(NOCCO)c1ccc(=O)[nH]c1. The minimum atomic E-state index is -0.477. The Hall–Kier alpha value is -1.66. The molecule has 0 bridgehead atoms. The number of nitrogens with one attached hydrogen (secondary N) is 2. The molecule has 0 atom stereocenters. The lowest BCUT2D eigenvalue weighted by atomic mass is 10.3. The molecule has 0 unspecified atom stereocenters. The molecule has 0 aliphatic heterocycles. The molecule has 0 fully saturated rings. The lowest BCUT2D eigenvalue weighted by Gasteiger charge is -2.03. The summed E-state index contributed by atoms with van der Waals surface area (Å²) in [4.78, 5) is 28.8. The molecule has 6 nitrogen and oxygen atoms in total. The summed E-state index contributed by atoms with van der Waals surface area (Å²) >= 11 is 0. The fourth-order valence-electron chi connectivity index (χ4n) is 0.773. The number of hydrogen-bond acceptors (Lipinski definition) is 4. The van der Waals surface area contributed by atoms with Crippen LogP contribution in [-0.4, -0.2) is 29.2 Å². The summed E-state index contributed by atoms with van der Waals surface area (Å²) in [6.45, 7) is -0.152. The highest BCUT2D eigenvalue weighted by Crippen LogP contribution is 1.92. The first-order valence-corrected chi connectivity index (χ1v) is 3.96. The number of aliphatic hydroxyl groups excluding tert-OH is 1. The van der Waals surface area contributed by atoms with Gasteiger partial charge in [0.2, 0.25) is 5.56 Å². The van der Waals surface area contributed by atoms with Crippen molar-refractivity contribution in [2.24, 2.45) is 0 Å². The molecule has 1 aromatic heterocycles. The fraction of sp³-hybridized carbons (Fsp3) is 0.250. The molecular weight excluding hydrogens is 188 g/mol. The molecule has 1 amide bonds. The molecular formula is C8H10N2O4. The van der Waals surface area contributed by atoms with Crippen LogP contribution in [-0.2, 0) is 4.84 Å². The van der Waals surface area contributed by atoms with Gasteiger partial charge < -0.3 is 10.1 Å². The highest BCUT2D eigenvalue weighted by atomic mass is 16.7. The lowest BCUT2D eigenvalue weighted by molar-refractivity contribution is 0.0168. The third-order valence-electron chi connectivity index (χ3n) is 1.40. The van der Waals surface area contributed by atoms with E-state index < -0.39 is 5.91 Å². The van der Waals surface area contributed by atoms with Crippen molar-refractivity contribution in [1.82, 2.24) is 10.5 Å². The van der Waals surface area contributed by atoms with Crippen LogP contribution < -0.4 is 11.0 Å². The van der Waals surface area contributed by atoms with Gasteiger partial charge in [0.05, 0.1) is 18.8 Å². The molecule has 0 aromatic carbocycles. The maximum atomic E-state index is 11.2. The van der Waals surface area contributed by atoms with Crippen LogP contribution in [0.25, 0.3) is 0 Å². The zero-order valence-electron chi connectivity index (χ0n) is 7.32. The Labute approximate surface area is 79.5 Å². The van der Waals surface area contributed by atoms with Crippen molar-refractivity contribution in [1.29, 1.82) is 0 Å². The average Bonchev–Trinajstić information content (AvgIpc) is 2.19. The Balaban J connectivity index is 2.52. The molecule has 1 aromatic rings. The van der Waals surface area contributed by atoms with E-state index in [1.54, 1.807) is 0 Å². The van der Waals surface area contributed by atoms with E-state index in [2.05, 4.69) is 15.3 Å². The Kier molecular flexibility index (Phi) is 3.84. The number of H-pyrrole nitrogens is 1. The number of amides is 1. The summed E-state index contributed by atoms with van der Waals surface area (Å²) in [6, 6.07) is 2.61. The van der Waals surface area contributed by atoms with Crippen molar-refractivity contribution in [2.75, 3.05) is 13.2 Å². The van der Waals surface area contributed by atoms with Gasteiger partial charge in [-0.15, -0.1) is 0 Å². The van der Waals surface area contributed by atoms with E-state index in [0.29, 0.717) is 0 Å². The second kappa shape index (κ2) is 5.15. The van der Waals surface area contributed by atoms with Crippen molar-refractivity contribution < 1.29 is 14.7 Å². The third-order valence-corrected chi connectivity index (χ3v) is 1.40. The van der Waals surface area contributed by atoms with E-state index in [-0.39, 0.29) is 24.3 Å². The fourth-order valence-corrected chi connectivity index (χ4v) is 0.773. The number of aromatic nitrogens is 1. The minimum Gasteiger partial charge on any atom is -0.394 e. The van der Waals surface area contributed by atoms with Crippen molar-refractivity contribution >= 4 is 5.91 Å². The van der Waals surface area contributed by atoms with Gasteiger partial charge in [-0.05, 0) is 6.07 Å². The number of aromatic amines is 1. The summed E-state index contributed by atoms with van der Waals surface area (Å²) < 4.78 is 0. The van der Waals surface area contributed by atoms with E-state index in [9.17, 15) is 9.59 Å². The first-order valence-electron chi connectivity index (χ1n) is 3.96. The van der Waals surface area contributed by atoms with Crippen molar-refractivity contribution in [3.05, 3.63) is 34.2 Å². The van der Waals surface area contributed by atoms with E-state index in [4.69, 9.17) is 5.11 Å². The van der Waals surface area contributed by atoms with Crippen LogP contribution in [0.2, 0.25) is 0 Å². The predicted molar refractivity (Wildman–Crippen MR) is 47.6 cm³/mol. The zero-order chi connectivity index (χ0) is 10.4. The molecule has 0 aliphatic rings. The van der Waals surface area contributed by atoms with Crippen LogP contribution in [0.5, 0.6) is 0 Å². The van der Waals surface area contributed by atoms with Gasteiger partial charge in [-0.2, -0.15) is 0 Å². The van der Waals surface area contributed by atoms with Crippen LogP contribution >= 0.6 is 0 Å². The normalized spacial score (nSPS) is 9.79. The van der Waals surface area contributed by atoms with E-state index >= 15 is 0 Å². The van der Waals surface area contributed by atoms with E-state index in [1.165, 1.54) is 18.3 Å². The molecule has 0 saturated carbocycles. The number of rotatable bonds is 4. The van der Waals surface area contributed by atoms with E-state index in [0.717, 1.165) is 0 Å². The molecule has 14 heavy (non-hydrogen) atoms. The van der Waals surface area contributed by atoms with E-state index in [1.807, 2.05) is 0 Å². The maximum Gasteiger partial charge on any atom is 0.276 e. The van der Waals surface area contributed by atoms with Crippen LogP contribution in [0, 0.1) is 0 Å². The average molecular weight is 198 g/mol. The number of carbonyl (C=O) groups excluding carboxylic acids is 1. The van der Waals surface area contributed by atoms with Gasteiger partial charge in [-0.3, -0.25) is 14.4 Å². The van der Waals surface area contributed by atoms with Crippen molar-refractivity contribution in [3.63, 3.8) is 0 Å². The van der Waals surface area contributed by atoms with Gasteiger partial charge in [0.25, 0.3) is 5.91 Å². The highest BCUT2D eigenvalue weighted by Gasteiger charge is 2.03. The molecule has 76 valence electrons. The molecule has 0 saturated heterocycles. The van der Waals surface area contributed by atoms with Gasteiger partial charge in [0.15, 0.2) is 0 Å². The quantitative estimate of drug-likeness (QED) is 0.428. The summed E-state index contributed by atoms with van der Waals surface area (Å²) in [5, 5.41) is 8.36. The van der Waals surface area contributed by atoms with Gasteiger partial charge in [-0.25, -0.2) is 5.48 Å². The summed E-state index contributed by atoms with van der Waals surface area (Å²) in [7, 11) is 0. The molecule has 1 rings (SSSR count). The molecule has 0 radical (unpaired) electrons. The minimum absolute atomic E-state index is 0.0229. The second-order valence-electron chi connectivity index (χ2n) is 2.44. The Morgan fingerprint density at radius 2 is 2.36 bits per heavy atom. The number of aliphatic hydroxyl groups is 1. The standard InChI is InChI=1S/C8H10N2O4/c11-3-4-14-10-8(13)6-1-2-7(12)9-5-6/h1-2,5,11H,3-4H2,(H,9,12)(H,10,13). The molecule has 3 N–H and O–H groups in total. The first-order chi connectivity index (χ1) is 6.74. The molecule has 1 heterocycles. The summed E-state index contributed by atoms with van der Waals surface area (Å²) in [5.74, 6) is -0.477. The smallest absolute Gasteiger partial charge is 0.276 e. The highest BCUT2D eigenvalue weighted by molar-refractivity contribution is 5.92. The number of carbonyl (C=O) groups is 1. The Morgan fingerprint density at radius 3 is 2.93 bits per heavy atom. The van der Waals surface area contributed by atoms with Gasteiger partial charge >= 0.3 is 0 Å². The molecule has 0 spiro atoms. The van der Waals surface area contributed by atoms with Gasteiger partial charge in [-0.1, -0.05) is 0 Å². The summed E-state index contributed by atoms with van der Waals surface area (Å²) in [6.07, 6.45) is 1.28. The number of hydrogen-bond donors (Lipinski definition) is 3. The second-order valence-corrected chi connectivity index (χ2v) is 2.44. The van der Waals surface area contributed by atoms with Crippen LogP contribution in [0.15, 0.2) is 23.1 Å². The van der Waals surface area contributed by atoms with Crippen molar-refractivity contribution in [2.45, 2.75) is 0 Å². The monoisotopic (exact) mass is 198 g/mol. The molecule has 0 aliphatic carbocycles. The third kappa shape index (κ3) is 3.00. The van der Waals surface area contributed by atoms with Crippen LogP contribution in [0.3, 0.4) is 0 Å². The summed E-state index contributed by atoms with van der Waals surface area (Å²) in [5.41, 5.74) is 2.10. The largest absolute Gasteiger partial charge is 0.394 e. The number of hydroxylamine groups is 1. The lowest BCUT2D eigenvalue weighted by Crippen LogP contribution is -2.25. The Bertz CT molecular complexity index is 340. The maximum absolute atomic E-state index is 11.2. The van der Waals surface area contributed by atoms with Gasteiger partial charge in [0.1, 0.15) is 0 Å². The first kappa shape index (κ1) is 10.4. The predicted octanol–water partition coefficient (Wildman–Crippen LogP) is -0.971. The number of pyridine rings is 1. The van der Waals surface area contributed by atoms with Crippen LogP contribution in [0.4, 0.5) is 0 Å². The van der Waals surface area contributed by atoms with Crippen molar-refractivity contribution in [3.8, 4) is 0 Å².